The molecule has 6 heteroatoms. The van der Waals surface area contributed by atoms with Crippen LogP contribution in [0.4, 0.5) is 0 Å². The minimum Gasteiger partial charge on any atom is -0.457 e. The maximum Gasteiger partial charge on any atom is 0.257 e. The Morgan fingerprint density at radius 3 is 2.75 bits per heavy atom. The van der Waals surface area contributed by atoms with Crippen LogP contribution in [0.5, 0.6) is 0 Å². The van der Waals surface area contributed by atoms with E-state index in [1.54, 1.807) is 6.07 Å². The normalized spacial score (nSPS) is 28.0. The van der Waals surface area contributed by atoms with Gasteiger partial charge in [-0.1, -0.05) is 6.92 Å². The summed E-state index contributed by atoms with van der Waals surface area (Å²) >= 11 is 3.24. The number of hydrogen-bond acceptors (Lipinski definition) is 4. The second kappa shape index (κ2) is 5.87. The fourth-order valence-corrected chi connectivity index (χ4v) is 3.44. The lowest BCUT2D eigenvalue weighted by molar-refractivity contribution is 0.0119. The highest BCUT2D eigenvalue weighted by atomic mass is 79.9. The van der Waals surface area contributed by atoms with E-state index in [0.717, 1.165) is 39.4 Å². The van der Waals surface area contributed by atoms with Gasteiger partial charge in [0.05, 0.1) is 18.8 Å². The fraction of sp³-hybridized carbons (Fsp3) is 0.643. The summed E-state index contributed by atoms with van der Waals surface area (Å²) in [6, 6.07) is 2.17. The van der Waals surface area contributed by atoms with Crippen LogP contribution in [0.1, 0.15) is 17.3 Å². The highest BCUT2D eigenvalue weighted by Crippen LogP contribution is 2.25. The molecular formula is C14H19BrN2O3. The minimum atomic E-state index is 0.0575. The number of carbonyl (C=O) groups is 1. The Kier molecular flexibility index (Phi) is 4.14. The van der Waals surface area contributed by atoms with Crippen LogP contribution < -0.4 is 0 Å². The summed E-state index contributed by atoms with van der Waals surface area (Å²) in [5.41, 5.74) is 0.617. The molecule has 2 saturated heterocycles. The van der Waals surface area contributed by atoms with Crippen molar-refractivity contribution in [2.24, 2.45) is 5.92 Å². The van der Waals surface area contributed by atoms with Crippen LogP contribution >= 0.6 is 15.9 Å². The lowest BCUT2D eigenvalue weighted by Crippen LogP contribution is -2.47. The van der Waals surface area contributed by atoms with Gasteiger partial charge in [-0.25, -0.2) is 0 Å². The smallest absolute Gasteiger partial charge is 0.257 e. The number of halogens is 1. The van der Waals surface area contributed by atoms with Crippen molar-refractivity contribution in [2.45, 2.75) is 13.0 Å². The van der Waals surface area contributed by atoms with Crippen molar-refractivity contribution < 1.29 is 13.9 Å². The third kappa shape index (κ3) is 2.77. The van der Waals surface area contributed by atoms with Crippen LogP contribution in [0.25, 0.3) is 0 Å². The lowest BCUT2D eigenvalue weighted by atomic mass is 10.0. The molecule has 0 unspecified atom stereocenters. The van der Waals surface area contributed by atoms with Gasteiger partial charge in [0, 0.05) is 38.3 Å². The number of hydrogen-bond donors (Lipinski definition) is 0. The Hall–Kier alpha value is -0.850. The third-order valence-electron chi connectivity index (χ3n) is 4.19. The van der Waals surface area contributed by atoms with Crippen LogP contribution in [0.3, 0.4) is 0 Å². The summed E-state index contributed by atoms with van der Waals surface area (Å²) in [5.74, 6) is 0.550. The van der Waals surface area contributed by atoms with E-state index in [-0.39, 0.29) is 5.91 Å². The molecule has 0 bridgehead atoms. The first kappa shape index (κ1) is 14.1. The summed E-state index contributed by atoms with van der Waals surface area (Å²) in [7, 11) is 0. The van der Waals surface area contributed by atoms with Crippen molar-refractivity contribution in [2.75, 3.05) is 39.4 Å². The average molecular weight is 343 g/mol. The Bertz CT molecular complexity index is 485. The number of furan rings is 1. The Balaban J connectivity index is 1.66. The van der Waals surface area contributed by atoms with E-state index < -0.39 is 0 Å². The number of amides is 1. The van der Waals surface area contributed by atoms with Crippen LogP contribution in [-0.2, 0) is 4.74 Å². The zero-order valence-electron chi connectivity index (χ0n) is 11.5. The lowest BCUT2D eigenvalue weighted by Gasteiger charge is -2.33. The number of carbonyl (C=O) groups excluding carboxylic acids is 1. The molecule has 2 aliphatic rings. The molecule has 3 heterocycles. The van der Waals surface area contributed by atoms with Gasteiger partial charge in [-0.2, -0.15) is 0 Å². The van der Waals surface area contributed by atoms with E-state index in [4.69, 9.17) is 9.15 Å². The van der Waals surface area contributed by atoms with Crippen LogP contribution in [0, 0.1) is 5.92 Å². The summed E-state index contributed by atoms with van der Waals surface area (Å²) in [5, 5.41) is 0. The van der Waals surface area contributed by atoms with Gasteiger partial charge in [0.1, 0.15) is 6.26 Å². The van der Waals surface area contributed by atoms with Gasteiger partial charge in [-0.3, -0.25) is 9.69 Å². The van der Waals surface area contributed by atoms with Gasteiger partial charge in [0.15, 0.2) is 4.67 Å². The second-order valence-corrected chi connectivity index (χ2v) is 6.32. The van der Waals surface area contributed by atoms with Crippen molar-refractivity contribution in [3.63, 3.8) is 0 Å². The maximum atomic E-state index is 12.4. The van der Waals surface area contributed by atoms with Gasteiger partial charge < -0.3 is 14.1 Å². The molecule has 20 heavy (non-hydrogen) atoms. The number of likely N-dealkylation sites (tertiary alicyclic amines) is 1. The van der Waals surface area contributed by atoms with Gasteiger partial charge in [0.2, 0.25) is 0 Å². The van der Waals surface area contributed by atoms with Gasteiger partial charge in [-0.05, 0) is 21.8 Å². The molecule has 0 N–H and O–H groups in total. The van der Waals surface area contributed by atoms with E-state index in [0.29, 0.717) is 22.2 Å². The molecule has 2 aliphatic heterocycles. The third-order valence-corrected chi connectivity index (χ3v) is 4.60. The van der Waals surface area contributed by atoms with Gasteiger partial charge >= 0.3 is 0 Å². The van der Waals surface area contributed by atoms with E-state index in [1.807, 2.05) is 4.90 Å². The zero-order chi connectivity index (χ0) is 14.1. The first-order valence-corrected chi connectivity index (χ1v) is 7.79. The van der Waals surface area contributed by atoms with Crippen molar-refractivity contribution in [1.29, 1.82) is 0 Å². The molecule has 0 saturated carbocycles. The topological polar surface area (TPSA) is 45.9 Å². The van der Waals surface area contributed by atoms with Gasteiger partial charge in [-0.15, -0.1) is 0 Å². The predicted octanol–water partition coefficient (Wildman–Crippen LogP) is 1.83. The quantitative estimate of drug-likeness (QED) is 0.822. The molecule has 0 aromatic carbocycles. The molecule has 0 radical (unpaired) electrons. The van der Waals surface area contributed by atoms with E-state index in [1.165, 1.54) is 6.26 Å². The predicted molar refractivity (Wildman–Crippen MR) is 77.7 cm³/mol. The molecule has 1 amide bonds. The highest BCUT2D eigenvalue weighted by Gasteiger charge is 2.37. The first-order chi connectivity index (χ1) is 9.65. The van der Waals surface area contributed by atoms with Crippen LogP contribution in [0.2, 0.25) is 0 Å². The summed E-state index contributed by atoms with van der Waals surface area (Å²) in [4.78, 5) is 16.8. The number of rotatable bonds is 2. The van der Waals surface area contributed by atoms with Crippen LogP contribution in [0.15, 0.2) is 21.4 Å². The Morgan fingerprint density at radius 2 is 2.10 bits per heavy atom. The molecule has 110 valence electrons. The van der Waals surface area contributed by atoms with Gasteiger partial charge in [0.25, 0.3) is 5.91 Å². The molecule has 1 aromatic heterocycles. The molecular weight excluding hydrogens is 324 g/mol. The van der Waals surface area contributed by atoms with Crippen LogP contribution in [-0.4, -0.2) is 61.1 Å². The molecule has 3 rings (SSSR count). The summed E-state index contributed by atoms with van der Waals surface area (Å²) in [6.45, 7) is 7.35. The van der Waals surface area contributed by atoms with Crippen molar-refractivity contribution >= 4 is 21.8 Å². The van der Waals surface area contributed by atoms with E-state index in [2.05, 4.69) is 27.8 Å². The number of ether oxygens (including phenoxy) is 1. The summed E-state index contributed by atoms with van der Waals surface area (Å²) < 4.78 is 11.2. The highest BCUT2D eigenvalue weighted by molar-refractivity contribution is 9.10. The molecule has 2 fully saturated rings. The zero-order valence-corrected chi connectivity index (χ0v) is 13.1. The second-order valence-electron chi connectivity index (χ2n) is 5.54. The monoisotopic (exact) mass is 342 g/mol. The maximum absolute atomic E-state index is 12.4. The standard InChI is InChI=1S/C14H19BrN2O3/c1-10-7-17(14(18)11-6-13(15)20-9-11)8-12(10)16-2-4-19-5-3-16/h6,9-10,12H,2-5,7-8H2,1H3/t10-,12-/m0/s1. The largest absolute Gasteiger partial charge is 0.457 e. The average Bonchev–Trinajstić information content (AvgIpc) is 3.05. The molecule has 0 aliphatic carbocycles. The number of morpholine rings is 1. The molecule has 5 nitrogen and oxygen atoms in total. The molecule has 0 spiro atoms. The van der Waals surface area contributed by atoms with Crippen molar-refractivity contribution in [1.82, 2.24) is 9.80 Å². The molecule has 1 aromatic rings. The Morgan fingerprint density at radius 1 is 1.35 bits per heavy atom. The van der Waals surface area contributed by atoms with Crippen molar-refractivity contribution in [3.8, 4) is 0 Å². The summed E-state index contributed by atoms with van der Waals surface area (Å²) in [6.07, 6.45) is 1.51. The Labute approximate surface area is 127 Å². The molecule has 2 atom stereocenters. The number of nitrogens with zero attached hydrogens (tertiary/aromatic N) is 2. The minimum absolute atomic E-state index is 0.0575. The fourth-order valence-electron chi connectivity index (χ4n) is 3.10. The first-order valence-electron chi connectivity index (χ1n) is 7.00. The SMILES string of the molecule is C[C@H]1CN(C(=O)c2coc(Br)c2)C[C@@H]1N1CCOCC1. The van der Waals surface area contributed by atoms with E-state index in [9.17, 15) is 4.79 Å². The van der Waals surface area contributed by atoms with E-state index >= 15 is 0 Å². The van der Waals surface area contributed by atoms with Crippen molar-refractivity contribution in [3.05, 3.63) is 22.6 Å².